The summed E-state index contributed by atoms with van der Waals surface area (Å²) in [4.78, 5) is 14.1. The number of hydrogen-bond donors (Lipinski definition) is 1. The molecule has 5 heteroatoms. The predicted octanol–water partition coefficient (Wildman–Crippen LogP) is 4.21. The Kier molecular flexibility index (Phi) is 4.63. The first kappa shape index (κ1) is 15.5. The fraction of sp³-hybridized carbons (Fsp3) is 0.188. The van der Waals surface area contributed by atoms with E-state index in [0.717, 1.165) is 11.3 Å². The Morgan fingerprint density at radius 2 is 1.90 bits per heavy atom. The standard InChI is InChI=1S/C16H16BrFN2O/c1-10-4-6-12(9-15(10)20(2)3)19-16(21)13-7-5-11(17)8-14(13)18/h4-9H,1-3H3,(H,19,21). The van der Waals surface area contributed by atoms with E-state index in [-0.39, 0.29) is 5.56 Å². The van der Waals surface area contributed by atoms with Gasteiger partial charge in [0.05, 0.1) is 5.56 Å². The summed E-state index contributed by atoms with van der Waals surface area (Å²) >= 11 is 3.17. The van der Waals surface area contributed by atoms with Crippen LogP contribution < -0.4 is 10.2 Å². The quantitative estimate of drug-likeness (QED) is 0.898. The first-order valence-corrected chi connectivity index (χ1v) is 7.22. The molecule has 1 amide bonds. The third kappa shape index (κ3) is 3.61. The van der Waals surface area contributed by atoms with Crippen LogP contribution in [0, 0.1) is 12.7 Å². The van der Waals surface area contributed by atoms with Gasteiger partial charge in [-0.25, -0.2) is 4.39 Å². The van der Waals surface area contributed by atoms with E-state index in [2.05, 4.69) is 21.2 Å². The van der Waals surface area contributed by atoms with E-state index in [1.54, 1.807) is 12.1 Å². The highest BCUT2D eigenvalue weighted by atomic mass is 79.9. The summed E-state index contributed by atoms with van der Waals surface area (Å²) in [7, 11) is 3.87. The Morgan fingerprint density at radius 3 is 2.52 bits per heavy atom. The number of carbonyl (C=O) groups is 1. The molecule has 0 saturated heterocycles. The van der Waals surface area contributed by atoms with Gasteiger partial charge < -0.3 is 10.2 Å². The Morgan fingerprint density at radius 1 is 1.19 bits per heavy atom. The van der Waals surface area contributed by atoms with E-state index in [1.165, 1.54) is 12.1 Å². The Hall–Kier alpha value is -1.88. The molecule has 3 nitrogen and oxygen atoms in total. The zero-order valence-electron chi connectivity index (χ0n) is 12.1. The van der Waals surface area contributed by atoms with Gasteiger partial charge in [-0.2, -0.15) is 0 Å². The SMILES string of the molecule is Cc1ccc(NC(=O)c2ccc(Br)cc2F)cc1N(C)C. The molecule has 0 aliphatic rings. The molecule has 0 atom stereocenters. The maximum atomic E-state index is 13.8. The maximum Gasteiger partial charge on any atom is 0.258 e. The molecule has 0 aromatic heterocycles. The largest absolute Gasteiger partial charge is 0.377 e. The average Bonchev–Trinajstić information content (AvgIpc) is 2.40. The molecule has 110 valence electrons. The van der Waals surface area contributed by atoms with E-state index >= 15 is 0 Å². The van der Waals surface area contributed by atoms with E-state index in [1.807, 2.05) is 38.1 Å². The number of amides is 1. The number of nitrogens with zero attached hydrogens (tertiary/aromatic N) is 1. The molecule has 21 heavy (non-hydrogen) atoms. The minimum Gasteiger partial charge on any atom is -0.377 e. The van der Waals surface area contributed by atoms with Crippen LogP contribution in [0.25, 0.3) is 0 Å². The third-order valence-corrected chi connectivity index (χ3v) is 3.62. The summed E-state index contributed by atoms with van der Waals surface area (Å²) < 4.78 is 14.4. The Labute approximate surface area is 131 Å². The van der Waals surface area contributed by atoms with Gasteiger partial charge in [0.1, 0.15) is 5.82 Å². The van der Waals surface area contributed by atoms with Crippen molar-refractivity contribution in [2.45, 2.75) is 6.92 Å². The molecule has 0 bridgehead atoms. The number of halogens is 2. The van der Waals surface area contributed by atoms with Crippen molar-refractivity contribution >= 4 is 33.2 Å². The first-order chi connectivity index (χ1) is 9.88. The smallest absolute Gasteiger partial charge is 0.258 e. The van der Waals surface area contributed by atoms with Gasteiger partial charge in [0.25, 0.3) is 5.91 Å². The van der Waals surface area contributed by atoms with Gasteiger partial charge in [0.15, 0.2) is 0 Å². The van der Waals surface area contributed by atoms with Crippen molar-refractivity contribution in [1.82, 2.24) is 0 Å². The molecule has 0 heterocycles. The van der Waals surface area contributed by atoms with Crippen molar-refractivity contribution < 1.29 is 9.18 Å². The molecule has 1 N–H and O–H groups in total. The second kappa shape index (κ2) is 6.26. The van der Waals surface area contributed by atoms with Crippen LogP contribution in [0.1, 0.15) is 15.9 Å². The highest BCUT2D eigenvalue weighted by Gasteiger charge is 2.13. The van der Waals surface area contributed by atoms with Crippen LogP contribution in [-0.4, -0.2) is 20.0 Å². The summed E-state index contributed by atoms with van der Waals surface area (Å²) in [6.07, 6.45) is 0. The molecule has 0 aliphatic carbocycles. The van der Waals surface area contributed by atoms with Gasteiger partial charge in [-0.05, 0) is 42.8 Å². The van der Waals surface area contributed by atoms with E-state index in [9.17, 15) is 9.18 Å². The second-order valence-corrected chi connectivity index (χ2v) is 5.89. The maximum absolute atomic E-state index is 13.8. The third-order valence-electron chi connectivity index (χ3n) is 3.12. The number of benzene rings is 2. The molecule has 2 aromatic rings. The van der Waals surface area contributed by atoms with Crippen LogP contribution >= 0.6 is 15.9 Å². The number of hydrogen-bond acceptors (Lipinski definition) is 2. The molecular weight excluding hydrogens is 335 g/mol. The van der Waals surface area contributed by atoms with E-state index in [0.29, 0.717) is 10.2 Å². The Bertz CT molecular complexity index is 686. The molecule has 0 unspecified atom stereocenters. The number of aryl methyl sites for hydroxylation is 1. The van der Waals surface area contributed by atoms with Crippen molar-refractivity contribution in [3.63, 3.8) is 0 Å². The molecule has 0 spiro atoms. The molecular formula is C16H16BrFN2O. The predicted molar refractivity (Wildman–Crippen MR) is 87.6 cm³/mol. The van der Waals surface area contributed by atoms with Crippen molar-refractivity contribution in [3.05, 3.63) is 57.8 Å². The zero-order chi connectivity index (χ0) is 15.6. The Balaban J connectivity index is 2.25. The average molecular weight is 351 g/mol. The molecule has 0 aliphatic heterocycles. The van der Waals surface area contributed by atoms with Crippen molar-refractivity contribution in [2.24, 2.45) is 0 Å². The molecule has 2 aromatic carbocycles. The summed E-state index contributed by atoms with van der Waals surface area (Å²) in [5.41, 5.74) is 2.76. The molecule has 0 radical (unpaired) electrons. The monoisotopic (exact) mass is 350 g/mol. The molecule has 0 saturated carbocycles. The minimum atomic E-state index is -0.554. The van der Waals surface area contributed by atoms with Gasteiger partial charge >= 0.3 is 0 Å². The fourth-order valence-electron chi connectivity index (χ4n) is 2.04. The topological polar surface area (TPSA) is 32.3 Å². The number of nitrogens with one attached hydrogen (secondary N) is 1. The lowest BCUT2D eigenvalue weighted by molar-refractivity contribution is 0.102. The van der Waals surface area contributed by atoms with Gasteiger partial charge in [-0.3, -0.25) is 4.79 Å². The van der Waals surface area contributed by atoms with Gasteiger partial charge in [0, 0.05) is 29.9 Å². The zero-order valence-corrected chi connectivity index (χ0v) is 13.7. The first-order valence-electron chi connectivity index (χ1n) is 6.43. The second-order valence-electron chi connectivity index (χ2n) is 4.97. The van der Waals surface area contributed by atoms with E-state index < -0.39 is 11.7 Å². The lowest BCUT2D eigenvalue weighted by Gasteiger charge is -2.17. The van der Waals surface area contributed by atoms with E-state index in [4.69, 9.17) is 0 Å². The van der Waals surface area contributed by atoms with Gasteiger partial charge in [-0.15, -0.1) is 0 Å². The van der Waals surface area contributed by atoms with Crippen molar-refractivity contribution in [1.29, 1.82) is 0 Å². The van der Waals surface area contributed by atoms with Crippen LogP contribution in [0.4, 0.5) is 15.8 Å². The summed E-state index contributed by atoms with van der Waals surface area (Å²) in [6, 6.07) is 9.95. The van der Waals surface area contributed by atoms with Crippen LogP contribution in [0.15, 0.2) is 40.9 Å². The van der Waals surface area contributed by atoms with Gasteiger partial charge in [0.2, 0.25) is 0 Å². The van der Waals surface area contributed by atoms with Crippen LogP contribution in [-0.2, 0) is 0 Å². The normalized spacial score (nSPS) is 10.3. The summed E-state index contributed by atoms with van der Waals surface area (Å²) in [5, 5.41) is 2.72. The summed E-state index contributed by atoms with van der Waals surface area (Å²) in [5.74, 6) is -1.02. The highest BCUT2D eigenvalue weighted by molar-refractivity contribution is 9.10. The minimum absolute atomic E-state index is 0.0187. The lowest BCUT2D eigenvalue weighted by atomic mass is 10.1. The van der Waals surface area contributed by atoms with Crippen LogP contribution in [0.2, 0.25) is 0 Å². The lowest BCUT2D eigenvalue weighted by Crippen LogP contribution is -2.15. The van der Waals surface area contributed by atoms with Crippen LogP contribution in [0.5, 0.6) is 0 Å². The number of rotatable bonds is 3. The number of anilines is 2. The van der Waals surface area contributed by atoms with Crippen LogP contribution in [0.3, 0.4) is 0 Å². The fourth-order valence-corrected chi connectivity index (χ4v) is 2.37. The number of carbonyl (C=O) groups excluding carboxylic acids is 1. The molecule has 2 rings (SSSR count). The summed E-state index contributed by atoms with van der Waals surface area (Å²) in [6.45, 7) is 2.00. The molecule has 0 fully saturated rings. The van der Waals surface area contributed by atoms with Crippen molar-refractivity contribution in [3.8, 4) is 0 Å². The van der Waals surface area contributed by atoms with Crippen molar-refractivity contribution in [2.75, 3.05) is 24.3 Å². The highest BCUT2D eigenvalue weighted by Crippen LogP contribution is 2.23. The van der Waals surface area contributed by atoms with Gasteiger partial charge in [-0.1, -0.05) is 22.0 Å².